The molecule has 6 nitrogen and oxygen atoms in total. The van der Waals surface area contributed by atoms with Crippen LogP contribution in [0.1, 0.15) is 10.4 Å². The lowest BCUT2D eigenvalue weighted by Gasteiger charge is -2.22. The fraction of sp³-hybridized carbons (Fsp3) is 0.286. The van der Waals surface area contributed by atoms with Gasteiger partial charge in [0.25, 0.3) is 0 Å². The molecule has 0 radical (unpaired) electrons. The summed E-state index contributed by atoms with van der Waals surface area (Å²) in [5.41, 5.74) is 5.47. The Hall–Kier alpha value is -1.99. The second kappa shape index (κ2) is 5.42. The lowest BCUT2D eigenvalue weighted by atomic mass is 10.1. The number of aromatic carboxylic acids is 1. The van der Waals surface area contributed by atoms with Crippen LogP contribution in [0.15, 0.2) is 28.0 Å². The molecule has 2 heterocycles. The average molecular weight is 306 g/mol. The highest BCUT2D eigenvalue weighted by molar-refractivity contribution is 7.99. The minimum Gasteiger partial charge on any atom is -0.489 e. The van der Waals surface area contributed by atoms with Crippen molar-refractivity contribution >= 4 is 28.6 Å². The molecule has 1 aromatic carbocycles. The number of aromatic nitrogens is 1. The van der Waals surface area contributed by atoms with E-state index in [1.165, 1.54) is 18.0 Å². The number of rotatable bonds is 4. The summed E-state index contributed by atoms with van der Waals surface area (Å²) in [6.45, 7) is 1.51. The Kier molecular flexibility index (Phi) is 3.60. The second-order valence-corrected chi connectivity index (χ2v) is 5.84. The van der Waals surface area contributed by atoms with Crippen LogP contribution in [0.5, 0.6) is 5.75 Å². The molecular formula is C14H14N2O4S. The van der Waals surface area contributed by atoms with E-state index in [-0.39, 0.29) is 5.56 Å². The first-order valence-electron chi connectivity index (χ1n) is 6.52. The van der Waals surface area contributed by atoms with E-state index in [1.807, 2.05) is 6.07 Å². The first-order chi connectivity index (χ1) is 10.1. The molecule has 0 amide bonds. The van der Waals surface area contributed by atoms with Crippen molar-refractivity contribution in [3.05, 3.63) is 34.1 Å². The molecule has 110 valence electrons. The van der Waals surface area contributed by atoms with Crippen LogP contribution in [0, 0.1) is 0 Å². The number of pyridine rings is 1. The Labute approximate surface area is 124 Å². The highest BCUT2D eigenvalue weighted by Gasteiger charge is 2.20. The molecule has 0 spiro atoms. The zero-order chi connectivity index (χ0) is 15.0. The molecular weight excluding hydrogens is 292 g/mol. The molecule has 0 atom stereocenters. The monoisotopic (exact) mass is 306 g/mol. The van der Waals surface area contributed by atoms with Crippen LogP contribution >= 0.6 is 11.8 Å². The maximum atomic E-state index is 12.4. The van der Waals surface area contributed by atoms with Crippen molar-refractivity contribution in [1.82, 2.24) is 4.57 Å². The van der Waals surface area contributed by atoms with Gasteiger partial charge in [-0.1, -0.05) is 0 Å². The van der Waals surface area contributed by atoms with Crippen LogP contribution in [-0.4, -0.2) is 34.5 Å². The maximum absolute atomic E-state index is 12.4. The number of hydrogen-bond donors (Lipinski definition) is 2. The third-order valence-electron chi connectivity index (χ3n) is 3.32. The van der Waals surface area contributed by atoms with Gasteiger partial charge in [-0.3, -0.25) is 4.79 Å². The van der Waals surface area contributed by atoms with E-state index in [1.54, 1.807) is 10.6 Å². The molecule has 1 aliphatic rings. The third kappa shape index (κ3) is 2.38. The average Bonchev–Trinajstić information content (AvgIpc) is 2.48. The molecule has 21 heavy (non-hydrogen) atoms. The van der Waals surface area contributed by atoms with Crippen molar-refractivity contribution in [3.8, 4) is 5.75 Å². The van der Waals surface area contributed by atoms with Crippen LogP contribution < -0.4 is 15.9 Å². The fourth-order valence-electron chi connectivity index (χ4n) is 2.43. The number of carboxylic acid groups (broad SMARTS) is 1. The number of nitrogens with zero attached hydrogens (tertiary/aromatic N) is 1. The van der Waals surface area contributed by atoms with E-state index in [0.717, 1.165) is 10.6 Å². The standard InChI is InChI=1S/C14H14N2O4S/c15-1-4-21-8-5-9-12-11(6-8)20-3-2-16(12)7-10(13(9)17)14(18)19/h5-7H,1-4,15H2,(H,18,19). The lowest BCUT2D eigenvalue weighted by molar-refractivity contribution is 0.0694. The molecule has 3 N–H and O–H groups in total. The summed E-state index contributed by atoms with van der Waals surface area (Å²) < 4.78 is 7.39. The molecule has 0 unspecified atom stereocenters. The predicted octanol–water partition coefficient (Wildman–Crippen LogP) is 1.14. The molecule has 0 saturated carbocycles. The Bertz CT molecular complexity index is 785. The highest BCUT2D eigenvalue weighted by atomic mass is 32.2. The van der Waals surface area contributed by atoms with E-state index in [9.17, 15) is 14.7 Å². The summed E-state index contributed by atoms with van der Waals surface area (Å²) in [7, 11) is 0. The SMILES string of the molecule is NCCSc1cc2c3c(c1)c(=O)c(C(=O)O)cn3CCO2. The summed E-state index contributed by atoms with van der Waals surface area (Å²) in [5, 5.41) is 9.56. The fourth-order valence-corrected chi connectivity index (χ4v) is 3.17. The summed E-state index contributed by atoms with van der Waals surface area (Å²) in [4.78, 5) is 24.4. The Morgan fingerprint density at radius 2 is 2.29 bits per heavy atom. The minimum atomic E-state index is -1.21. The largest absolute Gasteiger partial charge is 0.489 e. The van der Waals surface area contributed by atoms with E-state index in [2.05, 4.69) is 0 Å². The maximum Gasteiger partial charge on any atom is 0.341 e. The lowest BCUT2D eigenvalue weighted by Crippen LogP contribution is -2.23. The van der Waals surface area contributed by atoms with Gasteiger partial charge in [0.15, 0.2) is 0 Å². The van der Waals surface area contributed by atoms with Crippen molar-refractivity contribution in [2.75, 3.05) is 18.9 Å². The van der Waals surface area contributed by atoms with Gasteiger partial charge >= 0.3 is 5.97 Å². The molecule has 3 rings (SSSR count). The van der Waals surface area contributed by atoms with Gasteiger partial charge in [0.2, 0.25) is 5.43 Å². The summed E-state index contributed by atoms with van der Waals surface area (Å²) in [6.07, 6.45) is 1.39. The number of ether oxygens (including phenoxy) is 1. The molecule has 2 aromatic rings. The van der Waals surface area contributed by atoms with E-state index in [4.69, 9.17) is 10.5 Å². The second-order valence-electron chi connectivity index (χ2n) is 4.67. The Morgan fingerprint density at radius 1 is 1.48 bits per heavy atom. The minimum absolute atomic E-state index is 0.212. The van der Waals surface area contributed by atoms with Crippen molar-refractivity contribution in [3.63, 3.8) is 0 Å². The number of carbonyl (C=O) groups is 1. The smallest absolute Gasteiger partial charge is 0.341 e. The quantitative estimate of drug-likeness (QED) is 0.823. The van der Waals surface area contributed by atoms with Gasteiger partial charge in [-0.05, 0) is 12.1 Å². The molecule has 1 aromatic heterocycles. The summed E-state index contributed by atoms with van der Waals surface area (Å²) in [6, 6.07) is 3.59. The molecule has 0 bridgehead atoms. The molecule has 0 saturated heterocycles. The highest BCUT2D eigenvalue weighted by Crippen LogP contribution is 2.33. The van der Waals surface area contributed by atoms with Crippen molar-refractivity contribution in [2.45, 2.75) is 11.4 Å². The first-order valence-corrected chi connectivity index (χ1v) is 7.50. The summed E-state index contributed by atoms with van der Waals surface area (Å²) >= 11 is 1.52. The van der Waals surface area contributed by atoms with Crippen LogP contribution in [0.3, 0.4) is 0 Å². The van der Waals surface area contributed by atoms with Gasteiger partial charge in [-0.25, -0.2) is 4.79 Å². The normalized spacial score (nSPS) is 13.2. The molecule has 1 aliphatic heterocycles. The molecule has 0 aliphatic carbocycles. The van der Waals surface area contributed by atoms with Crippen LogP contribution in [0.25, 0.3) is 10.9 Å². The van der Waals surface area contributed by atoms with Gasteiger partial charge in [0, 0.05) is 23.4 Å². The van der Waals surface area contributed by atoms with Crippen LogP contribution in [0.4, 0.5) is 0 Å². The number of nitrogens with two attached hydrogens (primary N) is 1. The van der Waals surface area contributed by atoms with Crippen LogP contribution in [-0.2, 0) is 6.54 Å². The van der Waals surface area contributed by atoms with E-state index < -0.39 is 11.4 Å². The Morgan fingerprint density at radius 3 is 3.00 bits per heavy atom. The summed E-state index contributed by atoms with van der Waals surface area (Å²) in [5.74, 6) is 0.128. The topological polar surface area (TPSA) is 94.5 Å². The number of hydrogen-bond acceptors (Lipinski definition) is 5. The number of benzene rings is 1. The first kappa shape index (κ1) is 14.0. The van der Waals surface area contributed by atoms with E-state index in [0.29, 0.717) is 36.3 Å². The zero-order valence-electron chi connectivity index (χ0n) is 11.2. The van der Waals surface area contributed by atoms with E-state index >= 15 is 0 Å². The Balaban J connectivity index is 2.30. The molecule has 0 fully saturated rings. The van der Waals surface area contributed by atoms with Crippen molar-refractivity contribution < 1.29 is 14.6 Å². The van der Waals surface area contributed by atoms with Crippen molar-refractivity contribution in [2.24, 2.45) is 5.73 Å². The van der Waals surface area contributed by atoms with Gasteiger partial charge in [-0.2, -0.15) is 0 Å². The van der Waals surface area contributed by atoms with Crippen molar-refractivity contribution in [1.29, 1.82) is 0 Å². The van der Waals surface area contributed by atoms with Gasteiger partial charge in [0.05, 0.1) is 17.4 Å². The molecule has 7 heteroatoms. The zero-order valence-corrected chi connectivity index (χ0v) is 12.0. The van der Waals surface area contributed by atoms with Gasteiger partial charge in [0.1, 0.15) is 17.9 Å². The van der Waals surface area contributed by atoms with Gasteiger partial charge < -0.3 is 20.1 Å². The predicted molar refractivity (Wildman–Crippen MR) is 80.4 cm³/mol. The van der Waals surface area contributed by atoms with Crippen LogP contribution in [0.2, 0.25) is 0 Å². The number of carboxylic acids is 1. The number of thioether (sulfide) groups is 1. The third-order valence-corrected chi connectivity index (χ3v) is 4.33. The van der Waals surface area contributed by atoms with Gasteiger partial charge in [-0.15, -0.1) is 11.8 Å².